The van der Waals surface area contributed by atoms with Gasteiger partial charge >= 0.3 is 5.97 Å². The van der Waals surface area contributed by atoms with Crippen molar-refractivity contribution in [1.82, 2.24) is 4.90 Å². The SMILES string of the molecule is CCC(C)N(C(C)CC)C(CC)(C(=O)O)c1ccccc1. The van der Waals surface area contributed by atoms with Crippen LogP contribution < -0.4 is 0 Å². The standard InChI is InChI=1S/C18H29NO2/c1-6-14(4)19(15(5)7-2)18(8-3,17(20)21)16-12-10-9-11-13-16/h9-15H,6-8H2,1-5H3,(H,20,21). The Labute approximate surface area is 129 Å². The van der Waals surface area contributed by atoms with Crippen LogP contribution >= 0.6 is 0 Å². The molecule has 0 bridgehead atoms. The highest BCUT2D eigenvalue weighted by Crippen LogP contribution is 2.37. The van der Waals surface area contributed by atoms with E-state index in [9.17, 15) is 9.90 Å². The Balaban J connectivity index is 3.49. The van der Waals surface area contributed by atoms with E-state index >= 15 is 0 Å². The lowest BCUT2D eigenvalue weighted by Gasteiger charge is -2.47. The number of rotatable bonds is 8. The molecule has 3 heteroatoms. The number of nitrogens with zero attached hydrogens (tertiary/aromatic N) is 1. The molecule has 0 radical (unpaired) electrons. The molecule has 118 valence electrons. The molecule has 1 N–H and O–H groups in total. The van der Waals surface area contributed by atoms with E-state index in [1.807, 2.05) is 37.3 Å². The topological polar surface area (TPSA) is 40.5 Å². The van der Waals surface area contributed by atoms with Gasteiger partial charge in [0, 0.05) is 12.1 Å². The van der Waals surface area contributed by atoms with Crippen molar-refractivity contribution in [3.63, 3.8) is 0 Å². The smallest absolute Gasteiger partial charge is 0.328 e. The molecule has 0 aromatic heterocycles. The molecule has 21 heavy (non-hydrogen) atoms. The van der Waals surface area contributed by atoms with E-state index in [2.05, 4.69) is 32.6 Å². The van der Waals surface area contributed by atoms with Crippen LogP contribution in [-0.4, -0.2) is 28.1 Å². The third kappa shape index (κ3) is 3.29. The van der Waals surface area contributed by atoms with E-state index in [4.69, 9.17) is 0 Å². The molecule has 1 aromatic carbocycles. The Morgan fingerprint density at radius 1 is 1.10 bits per heavy atom. The van der Waals surface area contributed by atoms with Gasteiger partial charge in [-0.1, -0.05) is 51.1 Å². The van der Waals surface area contributed by atoms with Gasteiger partial charge in [0.15, 0.2) is 0 Å². The summed E-state index contributed by atoms with van der Waals surface area (Å²) in [7, 11) is 0. The largest absolute Gasteiger partial charge is 0.480 e. The lowest BCUT2D eigenvalue weighted by molar-refractivity contribution is -0.157. The highest BCUT2D eigenvalue weighted by atomic mass is 16.4. The van der Waals surface area contributed by atoms with Gasteiger partial charge in [-0.05, 0) is 38.7 Å². The third-order valence-electron chi connectivity index (χ3n) is 4.69. The van der Waals surface area contributed by atoms with E-state index in [1.165, 1.54) is 0 Å². The minimum absolute atomic E-state index is 0.219. The van der Waals surface area contributed by atoms with Crippen LogP contribution in [0.1, 0.15) is 59.4 Å². The van der Waals surface area contributed by atoms with E-state index in [0.717, 1.165) is 18.4 Å². The predicted molar refractivity (Wildman–Crippen MR) is 87.4 cm³/mol. The Bertz CT molecular complexity index is 436. The van der Waals surface area contributed by atoms with Crippen molar-refractivity contribution in [2.75, 3.05) is 0 Å². The van der Waals surface area contributed by atoms with Crippen LogP contribution in [0.15, 0.2) is 30.3 Å². The van der Waals surface area contributed by atoms with Crippen LogP contribution in [0, 0.1) is 0 Å². The summed E-state index contributed by atoms with van der Waals surface area (Å²) in [5, 5.41) is 10.1. The van der Waals surface area contributed by atoms with Gasteiger partial charge in [0.1, 0.15) is 5.54 Å². The van der Waals surface area contributed by atoms with Gasteiger partial charge in [0.05, 0.1) is 0 Å². The Morgan fingerprint density at radius 2 is 1.57 bits per heavy atom. The molecule has 1 rings (SSSR count). The zero-order valence-electron chi connectivity index (χ0n) is 14.0. The minimum atomic E-state index is -0.952. The lowest BCUT2D eigenvalue weighted by atomic mass is 9.82. The van der Waals surface area contributed by atoms with Crippen molar-refractivity contribution >= 4 is 5.97 Å². The van der Waals surface area contributed by atoms with Gasteiger partial charge in [-0.15, -0.1) is 0 Å². The van der Waals surface area contributed by atoms with Crippen molar-refractivity contribution in [3.8, 4) is 0 Å². The van der Waals surface area contributed by atoms with Crippen LogP contribution in [0.25, 0.3) is 0 Å². The fourth-order valence-electron chi connectivity index (χ4n) is 3.22. The number of aliphatic carboxylic acids is 1. The van der Waals surface area contributed by atoms with Crippen molar-refractivity contribution in [2.45, 2.75) is 71.5 Å². The monoisotopic (exact) mass is 291 g/mol. The number of carbonyl (C=O) groups is 1. The summed E-state index contributed by atoms with van der Waals surface area (Å²) in [6, 6.07) is 10.1. The van der Waals surface area contributed by atoms with Crippen LogP contribution in [0.2, 0.25) is 0 Å². The Kier molecular flexibility index (Phi) is 6.41. The van der Waals surface area contributed by atoms with Crippen LogP contribution in [0.5, 0.6) is 0 Å². The van der Waals surface area contributed by atoms with Gasteiger partial charge in [-0.3, -0.25) is 4.90 Å². The fraction of sp³-hybridized carbons (Fsp3) is 0.611. The Morgan fingerprint density at radius 3 is 1.90 bits per heavy atom. The summed E-state index contributed by atoms with van der Waals surface area (Å²) in [5.74, 6) is -0.753. The molecule has 0 spiro atoms. The molecule has 0 aliphatic carbocycles. The maximum atomic E-state index is 12.3. The van der Waals surface area contributed by atoms with Crippen LogP contribution in [0.4, 0.5) is 0 Å². The maximum Gasteiger partial charge on any atom is 0.328 e. The van der Waals surface area contributed by atoms with Crippen LogP contribution in [-0.2, 0) is 10.3 Å². The normalized spacial score (nSPS) is 17.2. The number of hydrogen-bond donors (Lipinski definition) is 1. The molecule has 0 saturated heterocycles. The molecule has 0 fully saturated rings. The first-order valence-corrected chi connectivity index (χ1v) is 8.02. The van der Waals surface area contributed by atoms with Crippen molar-refractivity contribution in [1.29, 1.82) is 0 Å². The molecule has 0 heterocycles. The Hall–Kier alpha value is -1.35. The first kappa shape index (κ1) is 17.7. The van der Waals surface area contributed by atoms with E-state index in [-0.39, 0.29) is 12.1 Å². The molecular formula is C18H29NO2. The van der Waals surface area contributed by atoms with Gasteiger partial charge in [0.2, 0.25) is 0 Å². The van der Waals surface area contributed by atoms with Crippen molar-refractivity contribution in [2.24, 2.45) is 0 Å². The van der Waals surface area contributed by atoms with Gasteiger partial charge in [0.25, 0.3) is 0 Å². The molecule has 3 nitrogen and oxygen atoms in total. The molecule has 0 aliphatic heterocycles. The molecule has 0 saturated carbocycles. The second kappa shape index (κ2) is 7.60. The number of carboxylic acids is 1. The average molecular weight is 291 g/mol. The molecular weight excluding hydrogens is 262 g/mol. The zero-order valence-corrected chi connectivity index (χ0v) is 14.0. The predicted octanol–water partition coefficient (Wildman–Crippen LogP) is 4.28. The highest BCUT2D eigenvalue weighted by molar-refractivity contribution is 5.81. The van der Waals surface area contributed by atoms with Crippen LogP contribution in [0.3, 0.4) is 0 Å². The molecule has 1 aromatic rings. The summed E-state index contributed by atoms with van der Waals surface area (Å²) in [4.78, 5) is 14.5. The fourth-order valence-corrected chi connectivity index (χ4v) is 3.22. The van der Waals surface area contributed by atoms with Crippen molar-refractivity contribution < 1.29 is 9.90 Å². The summed E-state index contributed by atoms with van der Waals surface area (Å²) in [6.07, 6.45) is 2.43. The molecule has 0 aliphatic rings. The van der Waals surface area contributed by atoms with E-state index < -0.39 is 11.5 Å². The molecule has 3 atom stereocenters. The van der Waals surface area contributed by atoms with Crippen molar-refractivity contribution in [3.05, 3.63) is 35.9 Å². The summed E-state index contributed by atoms with van der Waals surface area (Å²) in [5.41, 5.74) is -0.0767. The first-order valence-electron chi connectivity index (χ1n) is 8.02. The minimum Gasteiger partial charge on any atom is -0.480 e. The number of hydrogen-bond acceptors (Lipinski definition) is 2. The lowest BCUT2D eigenvalue weighted by Crippen LogP contribution is -2.58. The summed E-state index contributed by atoms with van der Waals surface area (Å²) in [6.45, 7) is 10.5. The van der Waals surface area contributed by atoms with E-state index in [0.29, 0.717) is 6.42 Å². The number of benzene rings is 1. The first-order chi connectivity index (χ1) is 9.95. The molecule has 0 amide bonds. The highest BCUT2D eigenvalue weighted by Gasteiger charge is 2.47. The maximum absolute atomic E-state index is 12.3. The average Bonchev–Trinajstić information content (AvgIpc) is 2.51. The van der Waals surface area contributed by atoms with Gasteiger partial charge in [-0.25, -0.2) is 4.79 Å². The van der Waals surface area contributed by atoms with E-state index in [1.54, 1.807) is 0 Å². The second-order valence-corrected chi connectivity index (χ2v) is 5.81. The van der Waals surface area contributed by atoms with Gasteiger partial charge < -0.3 is 5.11 Å². The number of carboxylic acid groups (broad SMARTS) is 1. The quantitative estimate of drug-likeness (QED) is 0.777. The van der Waals surface area contributed by atoms with Gasteiger partial charge in [-0.2, -0.15) is 0 Å². The summed E-state index contributed by atoms with van der Waals surface area (Å²) < 4.78 is 0. The molecule has 3 unspecified atom stereocenters. The zero-order chi connectivity index (χ0) is 16.0. The summed E-state index contributed by atoms with van der Waals surface area (Å²) >= 11 is 0. The third-order valence-corrected chi connectivity index (χ3v) is 4.69. The second-order valence-electron chi connectivity index (χ2n) is 5.81.